The van der Waals surface area contributed by atoms with Gasteiger partial charge >= 0.3 is 22.5 Å². The highest BCUT2D eigenvalue weighted by atomic mass is 35.9. The second-order valence-corrected chi connectivity index (χ2v) is 13.3. The topological polar surface area (TPSA) is 49.4 Å². The molecular weight excluding hydrogens is 381 g/mol. The third kappa shape index (κ3) is 4.97. The van der Waals surface area contributed by atoms with E-state index < -0.39 is 28.4 Å². The fraction of sp³-hybridized carbons (Fsp3) is 0. The average Bonchev–Trinajstić information content (AvgIpc) is 1.67. The molecule has 1 unspecified atom stereocenters. The van der Waals surface area contributed by atoms with E-state index in [1.165, 1.54) is 0 Å². The minimum atomic E-state index is -5.90. The Morgan fingerprint density at radius 2 is 1.06 bits per heavy atom. The van der Waals surface area contributed by atoms with Gasteiger partial charge < -0.3 is 0 Å². The van der Waals surface area contributed by atoms with Crippen LogP contribution in [0.15, 0.2) is 18.1 Å². The average molecular weight is 381 g/mol. The monoisotopic (exact) mass is 380 g/mol. The number of halogens is 8. The van der Waals surface area contributed by atoms with Gasteiger partial charge in [0, 0.05) is 0 Å². The Morgan fingerprint density at radius 3 is 1.56 bits per heavy atom. The van der Waals surface area contributed by atoms with E-state index in [0.717, 1.165) is 0 Å². The van der Waals surface area contributed by atoms with Gasteiger partial charge in [-0.05, 0) is 33.7 Å². The van der Waals surface area contributed by atoms with Gasteiger partial charge in [-0.1, -0.05) is 0 Å². The predicted molar refractivity (Wildman–Crippen MR) is 60.5 cm³/mol. The van der Waals surface area contributed by atoms with Crippen LogP contribution in [0.3, 0.4) is 0 Å². The molecule has 0 fully saturated rings. The summed E-state index contributed by atoms with van der Waals surface area (Å²) in [6.45, 7) is -4.90. The zero-order chi connectivity index (χ0) is 12.8. The van der Waals surface area contributed by atoms with Crippen LogP contribution in [0.4, 0.5) is 21.0 Å². The van der Waals surface area contributed by atoms with Crippen LogP contribution < -0.4 is 0 Å². The lowest BCUT2D eigenvalue weighted by molar-refractivity contribution is 0.703. The van der Waals surface area contributed by atoms with E-state index in [1.807, 2.05) is 4.52 Å². The first-order valence-corrected chi connectivity index (χ1v) is 11.9. The molecule has 0 spiro atoms. The SMILES string of the molecule is FP1(F)=NP(F)(F)=NP(F)(Cl)=NP(Cl)(Cl)=N1. The van der Waals surface area contributed by atoms with Crippen molar-refractivity contribution in [3.05, 3.63) is 0 Å². The Bertz CT molecular complexity index is 394. The van der Waals surface area contributed by atoms with Gasteiger partial charge in [0.1, 0.15) is 0 Å². The molecule has 0 aliphatic carbocycles. The van der Waals surface area contributed by atoms with Crippen molar-refractivity contribution >= 4 is 62.2 Å². The molecule has 0 bridgehead atoms. The minimum Gasteiger partial charge on any atom is -0.170 e. The summed E-state index contributed by atoms with van der Waals surface area (Å²) >= 11 is 15.2. The van der Waals surface area contributed by atoms with Crippen LogP contribution in [0.2, 0.25) is 0 Å². The molecule has 0 aromatic heterocycles. The largest absolute Gasteiger partial charge is 0.424 e. The molecule has 0 N–H and O–H groups in total. The molecule has 0 aromatic rings. The van der Waals surface area contributed by atoms with Crippen LogP contribution in [0.25, 0.3) is 0 Å². The zero-order valence-corrected chi connectivity index (χ0v) is 12.4. The van der Waals surface area contributed by atoms with Gasteiger partial charge in [-0.2, -0.15) is 13.2 Å². The summed E-state index contributed by atoms with van der Waals surface area (Å²) in [7, 11) is -11.7. The van der Waals surface area contributed by atoms with E-state index >= 15 is 0 Å². The van der Waals surface area contributed by atoms with Crippen LogP contribution in [0.1, 0.15) is 0 Å². The number of hydrogen-bond acceptors (Lipinski definition) is 4. The Kier molecular flexibility index (Phi) is 4.38. The van der Waals surface area contributed by atoms with E-state index in [1.54, 1.807) is 0 Å². The fourth-order valence-corrected chi connectivity index (χ4v) is 11.9. The van der Waals surface area contributed by atoms with E-state index in [9.17, 15) is 21.0 Å². The van der Waals surface area contributed by atoms with Gasteiger partial charge in [0.25, 0.3) is 5.91 Å². The molecule has 0 saturated heterocycles. The Hall–Kier alpha value is 1.44. The highest BCUT2D eigenvalue weighted by Gasteiger charge is 2.36. The van der Waals surface area contributed by atoms with Crippen LogP contribution >= 0.6 is 62.2 Å². The number of nitrogens with zero attached hydrogens (tertiary/aromatic N) is 4. The molecule has 16 heavy (non-hydrogen) atoms. The maximum atomic E-state index is 13.2. The third-order valence-corrected chi connectivity index (χ3v) is 11.4. The van der Waals surface area contributed by atoms with Gasteiger partial charge in [-0.3, -0.25) is 0 Å². The van der Waals surface area contributed by atoms with Gasteiger partial charge in [0.2, 0.25) is 0 Å². The van der Waals surface area contributed by atoms with E-state index in [-0.39, 0.29) is 0 Å². The van der Waals surface area contributed by atoms with Crippen molar-refractivity contribution < 1.29 is 21.0 Å². The second-order valence-electron chi connectivity index (χ2n) is 2.18. The van der Waals surface area contributed by atoms with Crippen molar-refractivity contribution in [2.75, 3.05) is 0 Å². The predicted octanol–water partition coefficient (Wildman–Crippen LogP) is 8.35. The quantitative estimate of drug-likeness (QED) is 0.299. The van der Waals surface area contributed by atoms with Crippen LogP contribution in [0, 0.1) is 0 Å². The molecule has 0 amide bonds. The highest BCUT2D eigenvalue weighted by Crippen LogP contribution is 2.84. The van der Waals surface area contributed by atoms with E-state index in [0.29, 0.717) is 0 Å². The third-order valence-electron chi connectivity index (χ3n) is 0.861. The summed E-state index contributed by atoms with van der Waals surface area (Å²) in [5.41, 5.74) is 0. The number of hydrogen-bond donors (Lipinski definition) is 0. The van der Waals surface area contributed by atoms with E-state index in [2.05, 4.69) is 13.5 Å². The van der Waals surface area contributed by atoms with Crippen LogP contribution in [-0.4, -0.2) is 0 Å². The molecule has 1 atom stereocenters. The Labute approximate surface area is 101 Å². The summed E-state index contributed by atoms with van der Waals surface area (Å²) < 4.78 is 73.1. The summed E-state index contributed by atoms with van der Waals surface area (Å²) in [6.07, 6.45) is 0. The maximum Gasteiger partial charge on any atom is 0.424 e. The van der Waals surface area contributed by atoms with Crippen LogP contribution in [-0.2, 0) is 0 Å². The highest BCUT2D eigenvalue weighted by molar-refractivity contribution is 8.14. The molecule has 1 aliphatic heterocycles. The van der Waals surface area contributed by atoms with Crippen LogP contribution in [0.5, 0.6) is 0 Å². The van der Waals surface area contributed by atoms with Crippen molar-refractivity contribution in [3.8, 4) is 0 Å². The smallest absolute Gasteiger partial charge is 0.170 e. The molecule has 0 radical (unpaired) electrons. The molecule has 0 aromatic carbocycles. The second kappa shape index (κ2) is 4.52. The molecule has 1 aliphatic rings. The molecule has 1 rings (SSSR count). The molecule has 1 heterocycles. The first kappa shape index (κ1) is 15.5. The van der Waals surface area contributed by atoms with Gasteiger partial charge in [-0.25, -0.2) is 0 Å². The van der Waals surface area contributed by atoms with Crippen molar-refractivity contribution in [2.24, 2.45) is 18.1 Å². The van der Waals surface area contributed by atoms with Crippen molar-refractivity contribution in [1.82, 2.24) is 0 Å². The molecule has 96 valence electrons. The van der Waals surface area contributed by atoms with Gasteiger partial charge in [0.05, 0.1) is 0 Å². The normalized spacial score (nSPS) is 35.5. The molecule has 0 saturated carbocycles. The summed E-state index contributed by atoms with van der Waals surface area (Å²) in [5, 5.41) is 0. The lowest BCUT2D eigenvalue weighted by Crippen LogP contribution is -1.65. The standard InChI is InChI=1S/Cl3F5N4P4/c1-13(2)9-14(3,4)11-16(7,8)12-15(5,6)10-13. The van der Waals surface area contributed by atoms with E-state index in [4.69, 9.17) is 33.7 Å². The fourth-order valence-electron chi connectivity index (χ4n) is 0.589. The van der Waals surface area contributed by atoms with Crippen molar-refractivity contribution in [2.45, 2.75) is 0 Å². The zero-order valence-electron chi connectivity index (χ0n) is 6.60. The molecular formula is Cl3F5N4P4. The molecule has 4 nitrogen and oxygen atoms in total. The Balaban J connectivity index is 3.67. The van der Waals surface area contributed by atoms with Gasteiger partial charge in [0.15, 0.2) is 0 Å². The summed E-state index contributed by atoms with van der Waals surface area (Å²) in [5.74, 6) is -4.17. The lowest BCUT2D eigenvalue weighted by Gasteiger charge is -2.11. The number of rotatable bonds is 0. The first-order chi connectivity index (χ1) is 6.83. The van der Waals surface area contributed by atoms with Gasteiger partial charge in [-0.15, -0.1) is 25.8 Å². The summed E-state index contributed by atoms with van der Waals surface area (Å²) in [4.78, 5) is 0. The maximum absolute atomic E-state index is 13.2. The first-order valence-electron chi connectivity index (χ1n) is 2.95. The minimum absolute atomic E-state index is 1.82. The van der Waals surface area contributed by atoms with Crippen molar-refractivity contribution in [3.63, 3.8) is 0 Å². The molecule has 16 heteroatoms. The van der Waals surface area contributed by atoms with Crippen molar-refractivity contribution in [1.29, 1.82) is 0 Å². The Morgan fingerprint density at radius 1 is 0.625 bits per heavy atom. The lowest BCUT2D eigenvalue weighted by atomic mass is 13.8. The summed E-state index contributed by atoms with van der Waals surface area (Å²) in [6, 6.07) is 0.